The molecule has 0 saturated heterocycles. The van der Waals surface area contributed by atoms with Crippen LogP contribution in [0, 0.1) is 0 Å². The molecule has 1 aromatic heterocycles. The second-order valence-corrected chi connectivity index (χ2v) is 6.50. The van der Waals surface area contributed by atoms with Gasteiger partial charge in [0.05, 0.1) is 11.9 Å². The standard InChI is InChI=1S/C22H27N5.HI/c1-3-23-22(25-14-17(2)18-10-6-4-7-11-18)26-16-21-24-15-20(27-21)19-12-8-5-9-13-19;/h4-13,15,17H,3,14,16H2,1-2H3,(H,24,27)(H2,23,25,26);1H. The van der Waals surface area contributed by atoms with Gasteiger partial charge in [-0.05, 0) is 24.0 Å². The summed E-state index contributed by atoms with van der Waals surface area (Å²) < 4.78 is 0. The number of rotatable bonds is 7. The lowest BCUT2D eigenvalue weighted by Gasteiger charge is -2.16. The van der Waals surface area contributed by atoms with Gasteiger partial charge in [-0.25, -0.2) is 9.98 Å². The Labute approximate surface area is 184 Å². The number of hydrogen-bond donors (Lipinski definition) is 3. The van der Waals surface area contributed by atoms with E-state index in [1.165, 1.54) is 5.56 Å². The van der Waals surface area contributed by atoms with Crippen molar-refractivity contribution in [1.29, 1.82) is 0 Å². The summed E-state index contributed by atoms with van der Waals surface area (Å²) >= 11 is 0. The second kappa shape index (κ2) is 11.5. The smallest absolute Gasteiger partial charge is 0.191 e. The summed E-state index contributed by atoms with van der Waals surface area (Å²) in [5.41, 5.74) is 3.46. The fourth-order valence-electron chi connectivity index (χ4n) is 2.85. The van der Waals surface area contributed by atoms with E-state index >= 15 is 0 Å². The van der Waals surface area contributed by atoms with Gasteiger partial charge in [-0.1, -0.05) is 67.6 Å². The first-order valence-corrected chi connectivity index (χ1v) is 9.42. The van der Waals surface area contributed by atoms with Crippen molar-refractivity contribution in [3.63, 3.8) is 0 Å². The maximum absolute atomic E-state index is 4.66. The Morgan fingerprint density at radius 1 is 1.04 bits per heavy atom. The van der Waals surface area contributed by atoms with Gasteiger partial charge in [0.15, 0.2) is 5.96 Å². The summed E-state index contributed by atoms with van der Waals surface area (Å²) in [6.45, 7) is 6.42. The summed E-state index contributed by atoms with van der Waals surface area (Å²) in [6.07, 6.45) is 1.86. The van der Waals surface area contributed by atoms with E-state index in [0.717, 1.165) is 36.1 Å². The Hall–Kier alpha value is -2.35. The molecule has 28 heavy (non-hydrogen) atoms. The van der Waals surface area contributed by atoms with Crippen molar-refractivity contribution in [2.45, 2.75) is 26.3 Å². The first kappa shape index (κ1) is 21.9. The number of H-pyrrole nitrogens is 1. The van der Waals surface area contributed by atoms with Crippen molar-refractivity contribution in [1.82, 2.24) is 20.6 Å². The van der Waals surface area contributed by atoms with Crippen LogP contribution in [0.5, 0.6) is 0 Å². The molecule has 0 aliphatic carbocycles. The molecular weight excluding hydrogens is 461 g/mol. The molecule has 148 valence electrons. The SMILES string of the molecule is CCNC(=NCc1ncc(-c2ccccc2)[nH]1)NCC(C)c1ccccc1.I. The number of imidazole rings is 1. The van der Waals surface area contributed by atoms with E-state index in [2.05, 4.69) is 75.8 Å². The van der Waals surface area contributed by atoms with Crippen LogP contribution in [0.1, 0.15) is 31.2 Å². The minimum absolute atomic E-state index is 0. The predicted molar refractivity (Wildman–Crippen MR) is 127 cm³/mol. The average Bonchev–Trinajstić information content (AvgIpc) is 3.20. The minimum Gasteiger partial charge on any atom is -0.357 e. The predicted octanol–water partition coefficient (Wildman–Crippen LogP) is 4.55. The molecule has 0 radical (unpaired) electrons. The number of benzene rings is 2. The van der Waals surface area contributed by atoms with Crippen LogP contribution in [-0.4, -0.2) is 29.0 Å². The van der Waals surface area contributed by atoms with Gasteiger partial charge in [0.25, 0.3) is 0 Å². The third kappa shape index (κ3) is 6.37. The molecule has 0 fully saturated rings. The number of nitrogens with one attached hydrogen (secondary N) is 3. The molecule has 3 N–H and O–H groups in total. The maximum atomic E-state index is 4.66. The van der Waals surface area contributed by atoms with Crippen LogP contribution in [0.15, 0.2) is 71.9 Å². The van der Waals surface area contributed by atoms with Crippen LogP contribution < -0.4 is 10.6 Å². The molecule has 5 nitrogen and oxygen atoms in total. The van der Waals surface area contributed by atoms with Gasteiger partial charge in [-0.15, -0.1) is 24.0 Å². The summed E-state index contributed by atoms with van der Waals surface area (Å²) in [7, 11) is 0. The molecule has 0 saturated carbocycles. The van der Waals surface area contributed by atoms with Crippen LogP contribution >= 0.6 is 24.0 Å². The van der Waals surface area contributed by atoms with Crippen molar-refractivity contribution in [2.24, 2.45) is 4.99 Å². The van der Waals surface area contributed by atoms with Crippen molar-refractivity contribution >= 4 is 29.9 Å². The third-order valence-corrected chi connectivity index (χ3v) is 4.39. The molecule has 0 bridgehead atoms. The molecule has 0 spiro atoms. The summed E-state index contributed by atoms with van der Waals surface area (Å²) in [4.78, 5) is 12.5. The molecular formula is C22H28IN5. The molecule has 0 aliphatic rings. The topological polar surface area (TPSA) is 65.1 Å². The molecule has 0 amide bonds. The van der Waals surface area contributed by atoms with Gasteiger partial charge in [-0.3, -0.25) is 0 Å². The van der Waals surface area contributed by atoms with Crippen molar-refractivity contribution in [3.8, 4) is 11.3 Å². The van der Waals surface area contributed by atoms with E-state index in [-0.39, 0.29) is 24.0 Å². The molecule has 2 aromatic carbocycles. The van der Waals surface area contributed by atoms with Crippen LogP contribution in [-0.2, 0) is 6.54 Å². The molecule has 0 aliphatic heterocycles. The Bertz CT molecular complexity index is 846. The Balaban J connectivity index is 0.00000280. The van der Waals surface area contributed by atoms with Crippen molar-refractivity contribution < 1.29 is 0 Å². The minimum atomic E-state index is 0. The Kier molecular flexibility index (Phi) is 9.00. The quantitative estimate of drug-likeness (QED) is 0.259. The normalized spacial score (nSPS) is 12.1. The monoisotopic (exact) mass is 489 g/mol. The number of aromatic nitrogens is 2. The molecule has 1 heterocycles. The number of aromatic amines is 1. The van der Waals surface area contributed by atoms with E-state index in [1.807, 2.05) is 30.5 Å². The summed E-state index contributed by atoms with van der Waals surface area (Å²) in [5.74, 6) is 2.06. The van der Waals surface area contributed by atoms with Crippen LogP contribution in [0.2, 0.25) is 0 Å². The molecule has 3 aromatic rings. The second-order valence-electron chi connectivity index (χ2n) is 6.50. The van der Waals surface area contributed by atoms with Crippen molar-refractivity contribution in [3.05, 3.63) is 78.2 Å². The lowest BCUT2D eigenvalue weighted by atomic mass is 10.0. The number of aliphatic imine (C=N–C) groups is 1. The zero-order chi connectivity index (χ0) is 18.9. The largest absolute Gasteiger partial charge is 0.357 e. The van der Waals surface area contributed by atoms with E-state index in [9.17, 15) is 0 Å². The first-order chi connectivity index (χ1) is 13.3. The lowest BCUT2D eigenvalue weighted by Crippen LogP contribution is -2.39. The molecule has 6 heteroatoms. The zero-order valence-electron chi connectivity index (χ0n) is 16.4. The number of hydrogen-bond acceptors (Lipinski definition) is 2. The molecule has 3 rings (SSSR count). The first-order valence-electron chi connectivity index (χ1n) is 9.42. The van der Waals surface area contributed by atoms with Crippen molar-refractivity contribution in [2.75, 3.05) is 13.1 Å². The van der Waals surface area contributed by atoms with E-state index < -0.39 is 0 Å². The van der Waals surface area contributed by atoms with Crippen LogP contribution in [0.4, 0.5) is 0 Å². The van der Waals surface area contributed by atoms with Gasteiger partial charge in [-0.2, -0.15) is 0 Å². The third-order valence-electron chi connectivity index (χ3n) is 4.39. The van der Waals surface area contributed by atoms with E-state index in [4.69, 9.17) is 0 Å². The molecule has 1 atom stereocenters. The summed E-state index contributed by atoms with van der Waals surface area (Å²) in [5, 5.41) is 6.72. The van der Waals surface area contributed by atoms with E-state index in [0.29, 0.717) is 12.5 Å². The number of nitrogens with zero attached hydrogens (tertiary/aromatic N) is 2. The van der Waals surface area contributed by atoms with E-state index in [1.54, 1.807) is 0 Å². The van der Waals surface area contributed by atoms with Gasteiger partial charge in [0.2, 0.25) is 0 Å². The Morgan fingerprint density at radius 3 is 2.39 bits per heavy atom. The highest BCUT2D eigenvalue weighted by molar-refractivity contribution is 14.0. The highest BCUT2D eigenvalue weighted by Gasteiger charge is 2.07. The fourth-order valence-corrected chi connectivity index (χ4v) is 2.85. The number of halogens is 1. The van der Waals surface area contributed by atoms with Gasteiger partial charge < -0.3 is 15.6 Å². The van der Waals surface area contributed by atoms with Gasteiger partial charge >= 0.3 is 0 Å². The van der Waals surface area contributed by atoms with Gasteiger partial charge in [0.1, 0.15) is 12.4 Å². The van der Waals surface area contributed by atoms with Crippen LogP contribution in [0.3, 0.4) is 0 Å². The molecule has 1 unspecified atom stereocenters. The maximum Gasteiger partial charge on any atom is 0.191 e. The lowest BCUT2D eigenvalue weighted by molar-refractivity contribution is 0.698. The fraction of sp³-hybridized carbons (Fsp3) is 0.273. The van der Waals surface area contributed by atoms with Gasteiger partial charge in [0, 0.05) is 13.1 Å². The number of guanidine groups is 1. The highest BCUT2D eigenvalue weighted by atomic mass is 127. The average molecular weight is 489 g/mol. The highest BCUT2D eigenvalue weighted by Crippen LogP contribution is 2.16. The summed E-state index contributed by atoms with van der Waals surface area (Å²) in [6, 6.07) is 20.7. The zero-order valence-corrected chi connectivity index (χ0v) is 18.7. The Morgan fingerprint density at radius 2 is 1.71 bits per heavy atom. The van der Waals surface area contributed by atoms with Crippen LogP contribution in [0.25, 0.3) is 11.3 Å².